The van der Waals surface area contributed by atoms with Crippen LogP contribution in [-0.4, -0.2) is 42.6 Å². The maximum absolute atomic E-state index is 13.0. The van der Waals surface area contributed by atoms with Crippen LogP contribution in [0, 0.1) is 0 Å². The molecule has 1 aromatic carbocycles. The fraction of sp³-hybridized carbons (Fsp3) is 0.333. The third-order valence-electron chi connectivity index (χ3n) is 5.25. The van der Waals surface area contributed by atoms with Gasteiger partial charge in [-0.1, -0.05) is 11.6 Å². The first kappa shape index (κ1) is 25.9. The molecular weight excluding hydrogens is 547 g/mol. The second-order valence-electron chi connectivity index (χ2n) is 7.71. The molecule has 0 bridgehead atoms. The summed E-state index contributed by atoms with van der Waals surface area (Å²) in [6, 6.07) is 6.90. The molecule has 1 saturated heterocycles. The fourth-order valence-corrected chi connectivity index (χ4v) is 7.76. The molecule has 0 spiro atoms. The number of hydrogen-bond donors (Lipinski definition) is 1. The summed E-state index contributed by atoms with van der Waals surface area (Å²) in [6.45, 7) is 1.97. The summed E-state index contributed by atoms with van der Waals surface area (Å²) >= 11 is 8.10. The number of benzene rings is 1. The highest BCUT2D eigenvalue weighted by Crippen LogP contribution is 2.33. The van der Waals surface area contributed by atoms with Gasteiger partial charge in [0.1, 0.15) is 21.0 Å². The minimum Gasteiger partial charge on any atom is -0.406 e. The second kappa shape index (κ2) is 10.1. The summed E-state index contributed by atoms with van der Waals surface area (Å²) in [6.07, 6.45) is -3.82. The zero-order valence-electron chi connectivity index (χ0n) is 18.1. The number of nitrogens with one attached hydrogen (secondary N) is 1. The van der Waals surface area contributed by atoms with E-state index >= 15 is 0 Å². The molecule has 1 aliphatic rings. The van der Waals surface area contributed by atoms with Crippen molar-refractivity contribution in [2.75, 3.05) is 6.54 Å². The number of ether oxygens (including phenoxy) is 1. The molecule has 3 aromatic rings. The summed E-state index contributed by atoms with van der Waals surface area (Å²) in [7, 11) is -3.85. The number of hydrogen-bond acceptors (Lipinski definition) is 7. The van der Waals surface area contributed by atoms with Crippen molar-refractivity contribution in [3.63, 3.8) is 0 Å². The molecule has 1 fully saturated rings. The van der Waals surface area contributed by atoms with Gasteiger partial charge in [0.15, 0.2) is 0 Å². The van der Waals surface area contributed by atoms with Crippen LogP contribution < -0.4 is 10.1 Å². The lowest BCUT2D eigenvalue weighted by atomic mass is 10.1. The Kier molecular flexibility index (Phi) is 7.44. The topological polar surface area (TPSA) is 88.6 Å². The molecule has 0 saturated carbocycles. The Hall–Kier alpha value is -2.19. The molecule has 1 aliphatic heterocycles. The van der Waals surface area contributed by atoms with Crippen molar-refractivity contribution in [2.24, 2.45) is 0 Å². The van der Waals surface area contributed by atoms with Crippen molar-refractivity contribution in [3.8, 4) is 17.0 Å². The zero-order chi connectivity index (χ0) is 25.4. The standard InChI is InChI=1S/C21H19ClF3N3O4S3/c1-12(20-27-15(11-33-20)13-4-6-14(7-5-13)32-21(23,24)25)26-19(29)16-3-2-10-28(16)35(30,31)18-9-8-17(22)34-18/h4-9,11-12,16H,2-3,10H2,1H3,(H,26,29)/t12-,16-/m0/s1. The summed E-state index contributed by atoms with van der Waals surface area (Å²) in [5.41, 5.74) is 1.12. The number of thiophene rings is 1. The van der Waals surface area contributed by atoms with Gasteiger partial charge in [0.2, 0.25) is 5.91 Å². The molecule has 14 heteroatoms. The molecule has 3 heterocycles. The van der Waals surface area contributed by atoms with Gasteiger partial charge in [-0.3, -0.25) is 4.79 Å². The molecule has 1 N–H and O–H groups in total. The highest BCUT2D eigenvalue weighted by Gasteiger charge is 2.40. The molecular formula is C21H19ClF3N3O4S3. The number of thiazole rings is 1. The highest BCUT2D eigenvalue weighted by molar-refractivity contribution is 7.91. The summed E-state index contributed by atoms with van der Waals surface area (Å²) in [5, 5.41) is 5.13. The summed E-state index contributed by atoms with van der Waals surface area (Å²) in [4.78, 5) is 17.5. The van der Waals surface area contributed by atoms with E-state index in [4.69, 9.17) is 11.6 Å². The number of carbonyl (C=O) groups excluding carboxylic acids is 1. The van der Waals surface area contributed by atoms with E-state index in [1.165, 1.54) is 52.0 Å². The Balaban J connectivity index is 1.43. The maximum Gasteiger partial charge on any atom is 0.573 e. The first-order valence-corrected chi connectivity index (χ1v) is 13.8. The predicted molar refractivity (Wildman–Crippen MR) is 127 cm³/mol. The molecule has 0 aliphatic carbocycles. The molecule has 2 aromatic heterocycles. The normalized spacial score (nSPS) is 17.9. The Morgan fingerprint density at radius 3 is 2.60 bits per heavy atom. The molecule has 188 valence electrons. The van der Waals surface area contributed by atoms with Gasteiger partial charge < -0.3 is 10.1 Å². The van der Waals surface area contributed by atoms with Crippen LogP contribution >= 0.6 is 34.3 Å². The number of carbonyl (C=O) groups is 1. The largest absolute Gasteiger partial charge is 0.573 e. The second-order valence-corrected chi connectivity index (χ2v) is 12.4. The lowest BCUT2D eigenvalue weighted by Gasteiger charge is -2.24. The Morgan fingerprint density at radius 2 is 1.97 bits per heavy atom. The van der Waals surface area contributed by atoms with Crippen LogP contribution in [0.4, 0.5) is 13.2 Å². The van der Waals surface area contributed by atoms with Crippen LogP contribution in [0.5, 0.6) is 5.75 Å². The first-order valence-electron chi connectivity index (χ1n) is 10.3. The van der Waals surface area contributed by atoms with Crippen molar-refractivity contribution in [2.45, 2.75) is 42.4 Å². The van der Waals surface area contributed by atoms with Gasteiger partial charge in [-0.2, -0.15) is 4.31 Å². The number of halogens is 4. The van der Waals surface area contributed by atoms with E-state index in [0.717, 1.165) is 11.3 Å². The number of sulfonamides is 1. The van der Waals surface area contributed by atoms with Gasteiger partial charge >= 0.3 is 6.36 Å². The van der Waals surface area contributed by atoms with Crippen LogP contribution in [0.25, 0.3) is 11.3 Å². The number of rotatable bonds is 7. The third kappa shape index (κ3) is 5.97. The van der Waals surface area contributed by atoms with Gasteiger partial charge in [0, 0.05) is 17.5 Å². The predicted octanol–water partition coefficient (Wildman–Crippen LogP) is 5.45. The van der Waals surface area contributed by atoms with Gasteiger partial charge in [-0.15, -0.1) is 35.8 Å². The quantitative estimate of drug-likeness (QED) is 0.411. The van der Waals surface area contributed by atoms with Crippen molar-refractivity contribution in [1.29, 1.82) is 0 Å². The maximum atomic E-state index is 13.0. The van der Waals surface area contributed by atoms with Crippen LogP contribution in [0.1, 0.15) is 30.8 Å². The van der Waals surface area contributed by atoms with Gasteiger partial charge in [0.25, 0.3) is 10.0 Å². The number of amides is 1. The number of nitrogens with zero attached hydrogens (tertiary/aromatic N) is 2. The average Bonchev–Trinajstić information content (AvgIpc) is 3.53. The minimum absolute atomic E-state index is 0.0893. The summed E-state index contributed by atoms with van der Waals surface area (Å²) in [5.74, 6) is -0.759. The van der Waals surface area contributed by atoms with Gasteiger partial charge in [0.05, 0.1) is 16.1 Å². The smallest absolute Gasteiger partial charge is 0.406 e. The third-order valence-corrected chi connectivity index (χ3v) is 9.89. The lowest BCUT2D eigenvalue weighted by Crippen LogP contribution is -2.46. The molecule has 4 rings (SSSR count). The summed E-state index contributed by atoms with van der Waals surface area (Å²) < 4.78 is 68.5. The van der Waals surface area contributed by atoms with E-state index in [-0.39, 0.29) is 16.5 Å². The molecule has 2 atom stereocenters. The average molecular weight is 566 g/mol. The van der Waals surface area contributed by atoms with Crippen LogP contribution in [0.15, 0.2) is 46.0 Å². The SMILES string of the molecule is C[C@H](NC(=O)[C@@H]1CCCN1S(=O)(=O)c1ccc(Cl)s1)c1nc(-c2ccc(OC(F)(F)F)cc2)cs1. The van der Waals surface area contributed by atoms with Crippen LogP contribution in [0.3, 0.4) is 0 Å². The molecule has 35 heavy (non-hydrogen) atoms. The molecule has 1 amide bonds. The Morgan fingerprint density at radius 1 is 1.26 bits per heavy atom. The van der Waals surface area contributed by atoms with E-state index in [2.05, 4.69) is 15.0 Å². The number of alkyl halides is 3. The van der Waals surface area contributed by atoms with Gasteiger partial charge in [-0.05, 0) is 56.2 Å². The van der Waals surface area contributed by atoms with E-state index in [9.17, 15) is 26.4 Å². The van der Waals surface area contributed by atoms with Crippen molar-refractivity contribution in [3.05, 3.63) is 51.1 Å². The zero-order valence-corrected chi connectivity index (χ0v) is 21.3. The molecule has 7 nitrogen and oxygen atoms in total. The van der Waals surface area contributed by atoms with Crippen molar-refractivity contribution >= 4 is 50.2 Å². The first-order chi connectivity index (χ1) is 16.4. The van der Waals surface area contributed by atoms with Gasteiger partial charge in [-0.25, -0.2) is 13.4 Å². The Bertz CT molecular complexity index is 1310. The van der Waals surface area contributed by atoms with E-state index in [0.29, 0.717) is 33.4 Å². The monoisotopic (exact) mass is 565 g/mol. The number of aromatic nitrogens is 1. The fourth-order valence-electron chi connectivity index (χ4n) is 3.66. The Labute approximate surface area is 212 Å². The van der Waals surface area contributed by atoms with Crippen molar-refractivity contribution < 1.29 is 31.1 Å². The van der Waals surface area contributed by atoms with E-state index in [1.54, 1.807) is 12.3 Å². The highest BCUT2D eigenvalue weighted by atomic mass is 35.5. The lowest BCUT2D eigenvalue weighted by molar-refractivity contribution is -0.274. The van der Waals surface area contributed by atoms with Crippen LogP contribution in [-0.2, 0) is 14.8 Å². The van der Waals surface area contributed by atoms with Crippen LogP contribution in [0.2, 0.25) is 4.34 Å². The van der Waals surface area contributed by atoms with E-state index in [1.807, 2.05) is 0 Å². The molecule has 0 unspecified atom stereocenters. The molecule has 0 radical (unpaired) electrons. The van der Waals surface area contributed by atoms with Crippen molar-refractivity contribution in [1.82, 2.24) is 14.6 Å². The minimum atomic E-state index is -4.77. The van der Waals surface area contributed by atoms with E-state index < -0.39 is 34.4 Å².